The van der Waals surface area contributed by atoms with Gasteiger partial charge in [-0.15, -0.1) is 0 Å². The molecule has 0 saturated carbocycles. The van der Waals surface area contributed by atoms with Crippen molar-refractivity contribution >= 4 is 12.1 Å². The highest BCUT2D eigenvalue weighted by molar-refractivity contribution is 5.89. The number of benzene rings is 1. The third kappa shape index (κ3) is 5.85. The van der Waals surface area contributed by atoms with E-state index in [9.17, 15) is 9.59 Å². The van der Waals surface area contributed by atoms with Gasteiger partial charge in [0.15, 0.2) is 0 Å². The number of rotatable bonds is 4. The van der Waals surface area contributed by atoms with E-state index >= 15 is 0 Å². The molecule has 0 N–H and O–H groups in total. The Morgan fingerprint density at radius 3 is 2.66 bits per heavy atom. The van der Waals surface area contributed by atoms with Gasteiger partial charge in [-0.05, 0) is 51.8 Å². The Labute approximate surface area is 172 Å². The maximum absolute atomic E-state index is 12.3. The molecule has 29 heavy (non-hydrogen) atoms. The lowest BCUT2D eigenvalue weighted by Crippen LogP contribution is -2.58. The van der Waals surface area contributed by atoms with Crippen molar-refractivity contribution in [2.24, 2.45) is 5.92 Å². The monoisotopic (exact) mass is 404 g/mol. The van der Waals surface area contributed by atoms with Gasteiger partial charge in [0.1, 0.15) is 11.4 Å². The largest absolute Gasteiger partial charge is 0.493 e. The second-order valence-electron chi connectivity index (χ2n) is 8.85. The van der Waals surface area contributed by atoms with E-state index in [1.165, 1.54) is 7.11 Å². The Morgan fingerprint density at radius 2 is 1.93 bits per heavy atom. The van der Waals surface area contributed by atoms with Crippen LogP contribution in [0.5, 0.6) is 5.75 Å². The Hall–Kier alpha value is -2.28. The summed E-state index contributed by atoms with van der Waals surface area (Å²) in [5, 5.41) is 0. The summed E-state index contributed by atoms with van der Waals surface area (Å²) in [6, 6.07) is 7.48. The van der Waals surface area contributed by atoms with Crippen molar-refractivity contribution in [1.29, 1.82) is 0 Å². The van der Waals surface area contributed by atoms with Crippen LogP contribution < -0.4 is 4.74 Å². The number of piperidine rings is 1. The number of fused-ring (bicyclic) bond motifs is 1. The van der Waals surface area contributed by atoms with Gasteiger partial charge in [0.2, 0.25) is 0 Å². The van der Waals surface area contributed by atoms with Crippen LogP contribution in [0.25, 0.3) is 0 Å². The molecule has 3 rings (SSSR count). The van der Waals surface area contributed by atoms with E-state index in [4.69, 9.17) is 14.2 Å². The van der Waals surface area contributed by atoms with Crippen molar-refractivity contribution in [3.8, 4) is 5.75 Å². The van der Waals surface area contributed by atoms with Gasteiger partial charge >= 0.3 is 12.1 Å². The highest BCUT2D eigenvalue weighted by Gasteiger charge is 2.35. The smallest absolute Gasteiger partial charge is 0.410 e. The first kappa shape index (κ1) is 21.4. The lowest BCUT2D eigenvalue weighted by molar-refractivity contribution is -0.0122. The Kier molecular flexibility index (Phi) is 6.67. The van der Waals surface area contributed by atoms with Gasteiger partial charge in [0, 0.05) is 38.1 Å². The van der Waals surface area contributed by atoms with Crippen molar-refractivity contribution in [2.75, 3.05) is 39.9 Å². The number of amides is 1. The summed E-state index contributed by atoms with van der Waals surface area (Å²) < 4.78 is 16.2. The van der Waals surface area contributed by atoms with Crippen LogP contribution in [0.2, 0.25) is 0 Å². The molecule has 2 fully saturated rings. The van der Waals surface area contributed by atoms with Gasteiger partial charge in [0.25, 0.3) is 0 Å². The molecule has 1 aromatic carbocycles. The van der Waals surface area contributed by atoms with Gasteiger partial charge < -0.3 is 19.1 Å². The molecule has 0 radical (unpaired) electrons. The van der Waals surface area contributed by atoms with Crippen molar-refractivity contribution in [2.45, 2.75) is 45.3 Å². The molecule has 2 heterocycles. The fraction of sp³-hybridized carbons (Fsp3) is 0.636. The molecule has 0 aromatic heterocycles. The average Bonchev–Trinajstić information content (AvgIpc) is 2.70. The van der Waals surface area contributed by atoms with E-state index in [2.05, 4.69) is 4.90 Å². The molecule has 2 atom stereocenters. The van der Waals surface area contributed by atoms with E-state index in [0.717, 1.165) is 32.5 Å². The highest BCUT2D eigenvalue weighted by atomic mass is 16.6. The van der Waals surface area contributed by atoms with Crippen LogP contribution in [0.15, 0.2) is 24.3 Å². The van der Waals surface area contributed by atoms with Crippen molar-refractivity contribution in [1.82, 2.24) is 9.80 Å². The van der Waals surface area contributed by atoms with Crippen LogP contribution in [0.4, 0.5) is 4.79 Å². The van der Waals surface area contributed by atoms with Crippen LogP contribution in [-0.2, 0) is 9.47 Å². The molecular weight excluding hydrogens is 372 g/mol. The van der Waals surface area contributed by atoms with Crippen molar-refractivity contribution < 1.29 is 23.8 Å². The number of piperazine rings is 1. The molecule has 0 bridgehead atoms. The quantitative estimate of drug-likeness (QED) is 0.718. The van der Waals surface area contributed by atoms with Crippen LogP contribution in [0.1, 0.15) is 44.0 Å². The number of hydrogen-bond acceptors (Lipinski definition) is 6. The van der Waals surface area contributed by atoms with Crippen LogP contribution in [0.3, 0.4) is 0 Å². The highest BCUT2D eigenvalue weighted by Crippen LogP contribution is 2.27. The summed E-state index contributed by atoms with van der Waals surface area (Å²) in [7, 11) is 1.37. The molecular formula is C22H32N2O5. The summed E-state index contributed by atoms with van der Waals surface area (Å²) in [4.78, 5) is 28.3. The van der Waals surface area contributed by atoms with E-state index < -0.39 is 5.60 Å². The molecule has 1 unspecified atom stereocenters. The standard InChI is InChI=1S/C22H32N2O5/c1-22(2,3)29-21(26)24-11-10-23-13-16(8-9-18(23)14-24)15-28-19-7-5-6-17(12-19)20(25)27-4/h5-7,12,16,18H,8-11,13-15H2,1-4H3/t16?,18-/m0/s1. The molecule has 2 saturated heterocycles. The number of ether oxygens (including phenoxy) is 3. The van der Waals surface area contributed by atoms with Crippen molar-refractivity contribution in [3.05, 3.63) is 29.8 Å². The summed E-state index contributed by atoms with van der Waals surface area (Å²) in [6.45, 7) is 9.54. The lowest BCUT2D eigenvalue weighted by Gasteiger charge is -2.46. The normalized spacial score (nSPS) is 22.6. The molecule has 1 amide bonds. The second-order valence-corrected chi connectivity index (χ2v) is 8.85. The third-order valence-electron chi connectivity index (χ3n) is 5.40. The first-order valence-corrected chi connectivity index (χ1v) is 10.3. The van der Waals surface area contributed by atoms with Gasteiger partial charge in [-0.1, -0.05) is 6.07 Å². The maximum Gasteiger partial charge on any atom is 0.410 e. The van der Waals surface area contributed by atoms with Gasteiger partial charge in [0.05, 0.1) is 19.3 Å². The molecule has 7 heteroatoms. The molecule has 160 valence electrons. The maximum atomic E-state index is 12.3. The Morgan fingerprint density at radius 1 is 1.14 bits per heavy atom. The number of methoxy groups -OCH3 is 1. The number of carbonyl (C=O) groups excluding carboxylic acids is 2. The fourth-order valence-corrected chi connectivity index (χ4v) is 3.93. The Bertz CT molecular complexity index is 730. The number of esters is 1. The molecule has 0 spiro atoms. The molecule has 0 aliphatic carbocycles. The van der Waals surface area contributed by atoms with Gasteiger partial charge in [-0.2, -0.15) is 0 Å². The summed E-state index contributed by atoms with van der Waals surface area (Å²) in [5.74, 6) is 0.754. The predicted molar refractivity (Wildman–Crippen MR) is 109 cm³/mol. The van der Waals surface area contributed by atoms with Crippen molar-refractivity contribution in [3.63, 3.8) is 0 Å². The summed E-state index contributed by atoms with van der Waals surface area (Å²) in [5.41, 5.74) is 0.0287. The number of hydrogen-bond donors (Lipinski definition) is 0. The first-order valence-electron chi connectivity index (χ1n) is 10.3. The third-order valence-corrected chi connectivity index (χ3v) is 5.40. The first-order chi connectivity index (χ1) is 13.7. The zero-order valence-electron chi connectivity index (χ0n) is 17.8. The molecule has 1 aromatic rings. The molecule has 2 aliphatic heterocycles. The zero-order chi connectivity index (χ0) is 21.0. The summed E-state index contributed by atoms with van der Waals surface area (Å²) >= 11 is 0. The second kappa shape index (κ2) is 9.03. The minimum absolute atomic E-state index is 0.215. The van der Waals surface area contributed by atoms with Gasteiger partial charge in [-0.3, -0.25) is 4.90 Å². The average molecular weight is 405 g/mol. The van der Waals surface area contributed by atoms with Crippen LogP contribution in [0, 0.1) is 5.92 Å². The molecule has 2 aliphatic rings. The lowest BCUT2D eigenvalue weighted by atomic mass is 9.91. The van der Waals surface area contributed by atoms with Crippen LogP contribution >= 0.6 is 0 Å². The molecule has 7 nitrogen and oxygen atoms in total. The SMILES string of the molecule is COC(=O)c1cccc(OCC2CC[C@H]3CN(C(=O)OC(C)(C)C)CCN3C2)c1. The van der Waals surface area contributed by atoms with Crippen LogP contribution in [-0.4, -0.2) is 73.4 Å². The Balaban J connectivity index is 1.48. The minimum atomic E-state index is -0.464. The van der Waals surface area contributed by atoms with Gasteiger partial charge in [-0.25, -0.2) is 9.59 Å². The van der Waals surface area contributed by atoms with E-state index in [0.29, 0.717) is 36.4 Å². The minimum Gasteiger partial charge on any atom is -0.493 e. The summed E-state index contributed by atoms with van der Waals surface area (Å²) in [6.07, 6.45) is 1.88. The predicted octanol–water partition coefficient (Wildman–Crippen LogP) is 3.18. The fourth-order valence-electron chi connectivity index (χ4n) is 3.93. The number of nitrogens with zero attached hydrogens (tertiary/aromatic N) is 2. The number of carbonyl (C=O) groups is 2. The van der Waals surface area contributed by atoms with E-state index in [1.54, 1.807) is 18.2 Å². The van der Waals surface area contributed by atoms with E-state index in [1.807, 2.05) is 31.7 Å². The van der Waals surface area contributed by atoms with E-state index in [-0.39, 0.29) is 12.1 Å². The zero-order valence-corrected chi connectivity index (χ0v) is 17.8. The topological polar surface area (TPSA) is 68.3 Å².